The highest BCUT2D eigenvalue weighted by atomic mass is 79.9. The Morgan fingerprint density at radius 1 is 1.35 bits per heavy atom. The van der Waals surface area contributed by atoms with Crippen LogP contribution >= 0.6 is 28.3 Å². The van der Waals surface area contributed by atoms with E-state index in [4.69, 9.17) is 0 Å². The van der Waals surface area contributed by atoms with Crippen molar-refractivity contribution in [2.45, 2.75) is 19.4 Å². The molecular formula is C16H21BrClN3O2. The zero-order chi connectivity index (χ0) is 15.7. The van der Waals surface area contributed by atoms with Gasteiger partial charge in [-0.2, -0.15) is 0 Å². The molecule has 3 rings (SSSR count). The molecule has 0 radical (unpaired) electrons. The van der Waals surface area contributed by atoms with Crippen LogP contribution in [0.3, 0.4) is 0 Å². The molecule has 2 heterocycles. The number of halogens is 2. The third-order valence-corrected chi connectivity index (χ3v) is 4.90. The number of nitrogens with zero attached hydrogens (tertiary/aromatic N) is 2. The van der Waals surface area contributed by atoms with Crippen molar-refractivity contribution in [2.75, 3.05) is 31.1 Å². The fourth-order valence-electron chi connectivity index (χ4n) is 3.18. The molecule has 1 unspecified atom stereocenters. The third-order valence-electron chi connectivity index (χ3n) is 4.41. The quantitative estimate of drug-likeness (QED) is 0.770. The van der Waals surface area contributed by atoms with Gasteiger partial charge in [-0.15, -0.1) is 12.4 Å². The highest BCUT2D eigenvalue weighted by molar-refractivity contribution is 9.10. The monoisotopic (exact) mass is 401 g/mol. The Morgan fingerprint density at radius 3 is 2.83 bits per heavy atom. The van der Waals surface area contributed by atoms with Crippen LogP contribution in [-0.4, -0.2) is 48.9 Å². The van der Waals surface area contributed by atoms with Crippen LogP contribution in [0.25, 0.3) is 0 Å². The predicted molar refractivity (Wildman–Crippen MR) is 95.9 cm³/mol. The van der Waals surface area contributed by atoms with Crippen molar-refractivity contribution in [2.24, 2.45) is 5.92 Å². The van der Waals surface area contributed by atoms with Gasteiger partial charge in [0.05, 0.1) is 0 Å². The molecule has 2 fully saturated rings. The number of anilines is 1. The van der Waals surface area contributed by atoms with Crippen molar-refractivity contribution < 1.29 is 9.59 Å². The minimum Gasteiger partial charge on any atom is -0.337 e. The summed E-state index contributed by atoms with van der Waals surface area (Å²) in [6, 6.07) is 7.80. The van der Waals surface area contributed by atoms with Gasteiger partial charge in [0.2, 0.25) is 11.8 Å². The van der Waals surface area contributed by atoms with Gasteiger partial charge < -0.3 is 15.1 Å². The summed E-state index contributed by atoms with van der Waals surface area (Å²) in [7, 11) is 0. The van der Waals surface area contributed by atoms with E-state index in [1.807, 2.05) is 36.1 Å². The van der Waals surface area contributed by atoms with Crippen LogP contribution in [-0.2, 0) is 9.59 Å². The lowest BCUT2D eigenvalue weighted by molar-refractivity contribution is -0.142. The molecule has 1 aromatic rings. The Balaban J connectivity index is 0.00000192. The maximum atomic E-state index is 12.7. The number of carbonyl (C=O) groups is 2. The summed E-state index contributed by atoms with van der Waals surface area (Å²) in [4.78, 5) is 28.9. The van der Waals surface area contributed by atoms with Crippen molar-refractivity contribution in [1.82, 2.24) is 10.2 Å². The van der Waals surface area contributed by atoms with Gasteiger partial charge in [0.1, 0.15) is 5.92 Å². The molecule has 0 spiro atoms. The first kappa shape index (κ1) is 18.2. The minimum absolute atomic E-state index is 0. The summed E-state index contributed by atoms with van der Waals surface area (Å²) in [6.07, 6.45) is 0.598. The molecule has 2 saturated heterocycles. The van der Waals surface area contributed by atoms with Crippen LogP contribution in [0.2, 0.25) is 0 Å². The molecule has 1 aromatic carbocycles. The third kappa shape index (κ3) is 3.70. The van der Waals surface area contributed by atoms with E-state index in [2.05, 4.69) is 21.2 Å². The Hall–Kier alpha value is -1.11. The van der Waals surface area contributed by atoms with Crippen LogP contribution < -0.4 is 10.2 Å². The number of rotatable bonds is 2. The van der Waals surface area contributed by atoms with Crippen LogP contribution in [0.15, 0.2) is 28.7 Å². The molecule has 0 bridgehead atoms. The predicted octanol–water partition coefficient (Wildman–Crippen LogP) is 2.04. The van der Waals surface area contributed by atoms with Gasteiger partial charge in [0, 0.05) is 42.4 Å². The summed E-state index contributed by atoms with van der Waals surface area (Å²) in [5.41, 5.74) is 0.850. The van der Waals surface area contributed by atoms with Gasteiger partial charge in [-0.25, -0.2) is 0 Å². The van der Waals surface area contributed by atoms with E-state index in [1.54, 1.807) is 4.90 Å². The van der Waals surface area contributed by atoms with Gasteiger partial charge in [0.25, 0.3) is 0 Å². The second kappa shape index (κ2) is 7.64. The average molecular weight is 403 g/mol. The first-order valence-corrected chi connectivity index (χ1v) is 8.45. The van der Waals surface area contributed by atoms with Crippen LogP contribution in [0, 0.1) is 5.92 Å². The van der Waals surface area contributed by atoms with Gasteiger partial charge in [-0.3, -0.25) is 9.59 Å². The van der Waals surface area contributed by atoms with Crippen molar-refractivity contribution in [1.29, 1.82) is 0 Å². The topological polar surface area (TPSA) is 52.7 Å². The molecule has 1 N–H and O–H groups in total. The van der Waals surface area contributed by atoms with E-state index in [-0.39, 0.29) is 30.3 Å². The first-order chi connectivity index (χ1) is 10.6. The second-order valence-electron chi connectivity index (χ2n) is 5.90. The highest BCUT2D eigenvalue weighted by Crippen LogP contribution is 2.28. The molecule has 0 saturated carbocycles. The summed E-state index contributed by atoms with van der Waals surface area (Å²) in [5, 5.41) is 3.27. The summed E-state index contributed by atoms with van der Waals surface area (Å²) in [6.45, 7) is 4.90. The lowest BCUT2D eigenvalue weighted by atomic mass is 10.0. The Bertz CT molecular complexity index is 598. The van der Waals surface area contributed by atoms with Crippen LogP contribution in [0.1, 0.15) is 13.3 Å². The van der Waals surface area contributed by atoms with Crippen LogP contribution in [0.4, 0.5) is 5.69 Å². The fraction of sp³-hybridized carbons (Fsp3) is 0.500. The standard InChI is InChI=1S/C16H20BrN3O2.ClH/c1-11-10-18-6-8-19(11)15(21)14-5-7-20(16(14)22)13-4-2-3-12(17)9-13;/h2-4,9,11,14,18H,5-8,10H2,1H3;1H/t11-,14?;/m1./s1. The number of benzene rings is 1. The van der Waals surface area contributed by atoms with Crippen molar-refractivity contribution >= 4 is 45.8 Å². The van der Waals surface area contributed by atoms with E-state index in [1.165, 1.54) is 0 Å². The number of hydrogen-bond donors (Lipinski definition) is 1. The number of carbonyl (C=O) groups excluding carboxylic acids is 2. The maximum Gasteiger partial charge on any atom is 0.239 e. The fourth-order valence-corrected chi connectivity index (χ4v) is 3.57. The van der Waals surface area contributed by atoms with Gasteiger partial charge in [-0.05, 0) is 31.5 Å². The number of amides is 2. The van der Waals surface area contributed by atoms with E-state index in [0.29, 0.717) is 19.5 Å². The van der Waals surface area contributed by atoms with E-state index < -0.39 is 5.92 Å². The zero-order valence-electron chi connectivity index (χ0n) is 13.0. The lowest BCUT2D eigenvalue weighted by Gasteiger charge is -2.35. The molecule has 0 aromatic heterocycles. The first-order valence-electron chi connectivity index (χ1n) is 7.66. The molecule has 2 aliphatic heterocycles. The van der Waals surface area contributed by atoms with Gasteiger partial charge in [-0.1, -0.05) is 22.0 Å². The molecule has 5 nitrogen and oxygen atoms in total. The number of piperazine rings is 1. The van der Waals surface area contributed by atoms with Crippen molar-refractivity contribution in [3.63, 3.8) is 0 Å². The molecule has 2 amide bonds. The maximum absolute atomic E-state index is 12.7. The molecule has 2 atom stereocenters. The van der Waals surface area contributed by atoms with Crippen LogP contribution in [0.5, 0.6) is 0 Å². The SMILES string of the molecule is C[C@@H]1CNCCN1C(=O)C1CCN(c2cccc(Br)c2)C1=O.Cl. The molecule has 2 aliphatic rings. The normalized spacial score (nSPS) is 24.5. The Morgan fingerprint density at radius 2 is 2.13 bits per heavy atom. The molecule has 126 valence electrons. The van der Waals surface area contributed by atoms with Gasteiger partial charge in [0.15, 0.2) is 0 Å². The Labute approximate surface area is 150 Å². The minimum atomic E-state index is -0.528. The molecular weight excluding hydrogens is 382 g/mol. The van der Waals surface area contributed by atoms with Gasteiger partial charge >= 0.3 is 0 Å². The summed E-state index contributed by atoms with van der Waals surface area (Å²) in [5.74, 6) is -0.620. The molecule has 23 heavy (non-hydrogen) atoms. The average Bonchev–Trinajstić information content (AvgIpc) is 2.89. The number of hydrogen-bond acceptors (Lipinski definition) is 3. The van der Waals surface area contributed by atoms with E-state index in [0.717, 1.165) is 23.2 Å². The second-order valence-corrected chi connectivity index (χ2v) is 6.81. The number of nitrogens with one attached hydrogen (secondary N) is 1. The largest absolute Gasteiger partial charge is 0.337 e. The molecule has 0 aliphatic carbocycles. The smallest absolute Gasteiger partial charge is 0.239 e. The highest BCUT2D eigenvalue weighted by Gasteiger charge is 2.41. The summed E-state index contributed by atoms with van der Waals surface area (Å²) < 4.78 is 0.934. The molecule has 7 heteroatoms. The zero-order valence-corrected chi connectivity index (χ0v) is 15.4. The van der Waals surface area contributed by atoms with Crippen molar-refractivity contribution in [3.05, 3.63) is 28.7 Å². The van der Waals surface area contributed by atoms with Crippen molar-refractivity contribution in [3.8, 4) is 0 Å². The summed E-state index contributed by atoms with van der Waals surface area (Å²) >= 11 is 3.42. The Kier molecular flexibility index (Phi) is 6.06. The van der Waals surface area contributed by atoms with E-state index in [9.17, 15) is 9.59 Å². The lowest BCUT2D eigenvalue weighted by Crippen LogP contribution is -2.54. The van der Waals surface area contributed by atoms with E-state index >= 15 is 0 Å².